The lowest BCUT2D eigenvalue weighted by molar-refractivity contribution is -0.141. The van der Waals surface area contributed by atoms with Crippen LogP contribution in [0.2, 0.25) is 0 Å². The van der Waals surface area contributed by atoms with E-state index >= 15 is 0 Å². The van der Waals surface area contributed by atoms with Gasteiger partial charge in [0.25, 0.3) is 0 Å². The molecule has 0 amide bonds. The van der Waals surface area contributed by atoms with Crippen LogP contribution in [0.15, 0.2) is 24.3 Å². The highest BCUT2D eigenvalue weighted by molar-refractivity contribution is 5.65. The van der Waals surface area contributed by atoms with E-state index in [0.29, 0.717) is 13.2 Å². The monoisotopic (exact) mass is 278 g/mol. The Kier molecular flexibility index (Phi) is 6.56. The molecular formula is C17H26O3. The smallest absolute Gasteiger partial charge is 0.302 e. The van der Waals surface area contributed by atoms with Gasteiger partial charge in [0.2, 0.25) is 0 Å². The van der Waals surface area contributed by atoms with E-state index in [1.165, 1.54) is 12.5 Å². The Balaban J connectivity index is 2.38. The van der Waals surface area contributed by atoms with Gasteiger partial charge in [-0.15, -0.1) is 0 Å². The van der Waals surface area contributed by atoms with Crippen molar-refractivity contribution < 1.29 is 14.3 Å². The molecule has 0 saturated carbocycles. The third-order valence-electron chi connectivity index (χ3n) is 3.61. The zero-order valence-electron chi connectivity index (χ0n) is 13.1. The van der Waals surface area contributed by atoms with Crippen LogP contribution in [0.3, 0.4) is 0 Å². The van der Waals surface area contributed by atoms with Crippen molar-refractivity contribution in [2.75, 3.05) is 13.2 Å². The second-order valence-electron chi connectivity index (χ2n) is 5.66. The number of ether oxygens (including phenoxy) is 2. The van der Waals surface area contributed by atoms with Crippen LogP contribution in [0, 0.1) is 0 Å². The minimum atomic E-state index is -0.222. The summed E-state index contributed by atoms with van der Waals surface area (Å²) < 4.78 is 10.6. The summed E-state index contributed by atoms with van der Waals surface area (Å²) in [5.74, 6) is 0.692. The Bertz CT molecular complexity index is 424. The molecule has 0 saturated heterocycles. The van der Waals surface area contributed by atoms with Gasteiger partial charge in [-0.3, -0.25) is 4.79 Å². The van der Waals surface area contributed by atoms with Crippen molar-refractivity contribution in [3.63, 3.8) is 0 Å². The number of unbranched alkanes of at least 4 members (excludes halogenated alkanes) is 1. The molecule has 0 aliphatic rings. The minimum Gasteiger partial charge on any atom is -0.494 e. The number of carbonyl (C=O) groups is 1. The van der Waals surface area contributed by atoms with Crippen molar-refractivity contribution in [3.05, 3.63) is 29.8 Å². The molecule has 3 heteroatoms. The quantitative estimate of drug-likeness (QED) is 0.530. The zero-order valence-corrected chi connectivity index (χ0v) is 13.1. The summed E-state index contributed by atoms with van der Waals surface area (Å²) in [4.78, 5) is 10.6. The Hall–Kier alpha value is -1.51. The highest BCUT2D eigenvalue weighted by Crippen LogP contribution is 2.29. The molecule has 0 aliphatic heterocycles. The Labute approximate surface area is 122 Å². The van der Waals surface area contributed by atoms with Crippen LogP contribution < -0.4 is 4.74 Å². The Morgan fingerprint density at radius 3 is 2.55 bits per heavy atom. The maximum Gasteiger partial charge on any atom is 0.302 e. The molecule has 1 aromatic carbocycles. The van der Waals surface area contributed by atoms with Crippen molar-refractivity contribution >= 4 is 5.97 Å². The lowest BCUT2D eigenvalue weighted by Gasteiger charge is -2.23. The minimum absolute atomic E-state index is 0.175. The van der Waals surface area contributed by atoms with Crippen molar-refractivity contribution in [2.24, 2.45) is 0 Å². The normalized spacial score (nSPS) is 11.2. The van der Waals surface area contributed by atoms with Crippen molar-refractivity contribution in [1.29, 1.82) is 0 Å². The van der Waals surface area contributed by atoms with Gasteiger partial charge >= 0.3 is 5.97 Å². The number of hydrogen-bond donors (Lipinski definition) is 0. The molecule has 0 heterocycles. The second kappa shape index (κ2) is 7.93. The number of hydrogen-bond acceptors (Lipinski definition) is 3. The molecule has 0 aliphatic carbocycles. The Morgan fingerprint density at radius 1 is 1.20 bits per heavy atom. The fourth-order valence-electron chi connectivity index (χ4n) is 1.82. The Morgan fingerprint density at radius 2 is 1.90 bits per heavy atom. The first kappa shape index (κ1) is 16.5. The second-order valence-corrected chi connectivity index (χ2v) is 5.66. The molecule has 112 valence electrons. The van der Waals surface area contributed by atoms with Crippen LogP contribution in [-0.2, 0) is 14.9 Å². The molecule has 0 atom stereocenters. The van der Waals surface area contributed by atoms with Gasteiger partial charge in [0.15, 0.2) is 0 Å². The van der Waals surface area contributed by atoms with Crippen molar-refractivity contribution in [3.8, 4) is 5.75 Å². The zero-order chi connectivity index (χ0) is 15.0. The van der Waals surface area contributed by atoms with Gasteiger partial charge in [-0.05, 0) is 42.4 Å². The predicted molar refractivity (Wildman–Crippen MR) is 81.1 cm³/mol. The van der Waals surface area contributed by atoms with Crippen LogP contribution >= 0.6 is 0 Å². The van der Waals surface area contributed by atoms with Gasteiger partial charge in [-0.25, -0.2) is 0 Å². The first-order valence-corrected chi connectivity index (χ1v) is 7.32. The number of rotatable bonds is 8. The molecule has 0 radical (unpaired) electrons. The first-order chi connectivity index (χ1) is 9.45. The average molecular weight is 278 g/mol. The topological polar surface area (TPSA) is 35.5 Å². The summed E-state index contributed by atoms with van der Waals surface area (Å²) in [5, 5.41) is 0. The molecule has 1 aromatic rings. The van der Waals surface area contributed by atoms with Crippen LogP contribution in [0.25, 0.3) is 0 Å². The van der Waals surface area contributed by atoms with Crippen molar-refractivity contribution in [1.82, 2.24) is 0 Å². The van der Waals surface area contributed by atoms with E-state index in [-0.39, 0.29) is 11.4 Å². The van der Waals surface area contributed by atoms with Crippen LogP contribution in [-0.4, -0.2) is 19.2 Å². The largest absolute Gasteiger partial charge is 0.494 e. The van der Waals surface area contributed by atoms with Gasteiger partial charge in [-0.2, -0.15) is 0 Å². The molecule has 0 bridgehead atoms. The summed E-state index contributed by atoms with van der Waals surface area (Å²) in [6.07, 6.45) is 2.81. The summed E-state index contributed by atoms with van der Waals surface area (Å²) in [7, 11) is 0. The van der Waals surface area contributed by atoms with Gasteiger partial charge in [0, 0.05) is 6.92 Å². The van der Waals surface area contributed by atoms with Gasteiger partial charge in [0.05, 0.1) is 13.2 Å². The van der Waals surface area contributed by atoms with E-state index < -0.39 is 0 Å². The first-order valence-electron chi connectivity index (χ1n) is 7.32. The van der Waals surface area contributed by atoms with Gasteiger partial charge in [0.1, 0.15) is 5.75 Å². The third-order valence-corrected chi connectivity index (χ3v) is 3.61. The SMILES string of the molecule is CCC(C)(C)c1cccc(OCCCCOC(C)=O)c1. The number of benzene rings is 1. The average Bonchev–Trinajstić information content (AvgIpc) is 2.42. The summed E-state index contributed by atoms with van der Waals surface area (Å²) in [5.41, 5.74) is 1.48. The van der Waals surface area contributed by atoms with E-state index in [9.17, 15) is 4.79 Å². The molecule has 0 aromatic heterocycles. The van der Waals surface area contributed by atoms with Gasteiger partial charge in [-0.1, -0.05) is 32.9 Å². The molecule has 0 N–H and O–H groups in total. The van der Waals surface area contributed by atoms with Crippen LogP contribution in [0.1, 0.15) is 52.5 Å². The lowest BCUT2D eigenvalue weighted by Crippen LogP contribution is -2.15. The van der Waals surface area contributed by atoms with E-state index in [1.807, 2.05) is 12.1 Å². The molecule has 0 unspecified atom stereocenters. The summed E-state index contributed by atoms with van der Waals surface area (Å²) in [6, 6.07) is 8.30. The van der Waals surface area contributed by atoms with Crippen LogP contribution in [0.4, 0.5) is 0 Å². The van der Waals surface area contributed by atoms with Gasteiger partial charge < -0.3 is 9.47 Å². The van der Waals surface area contributed by atoms with E-state index in [4.69, 9.17) is 9.47 Å². The number of carbonyl (C=O) groups excluding carboxylic acids is 1. The standard InChI is InChI=1S/C17H26O3/c1-5-17(3,4)15-9-8-10-16(13-15)20-12-7-6-11-19-14(2)18/h8-10,13H,5-7,11-12H2,1-4H3. The fourth-order valence-corrected chi connectivity index (χ4v) is 1.82. The molecule has 20 heavy (non-hydrogen) atoms. The maximum absolute atomic E-state index is 10.6. The highest BCUT2D eigenvalue weighted by atomic mass is 16.5. The maximum atomic E-state index is 10.6. The van der Waals surface area contributed by atoms with Crippen LogP contribution in [0.5, 0.6) is 5.75 Å². The third kappa shape index (κ3) is 5.64. The van der Waals surface area contributed by atoms with E-state index in [0.717, 1.165) is 25.0 Å². The summed E-state index contributed by atoms with van der Waals surface area (Å²) >= 11 is 0. The fraction of sp³-hybridized carbons (Fsp3) is 0.588. The highest BCUT2D eigenvalue weighted by Gasteiger charge is 2.18. The molecule has 3 nitrogen and oxygen atoms in total. The van der Waals surface area contributed by atoms with Crippen molar-refractivity contribution in [2.45, 2.75) is 52.4 Å². The molecule has 1 rings (SSSR count). The van der Waals surface area contributed by atoms with E-state index in [1.54, 1.807) is 0 Å². The molecular weight excluding hydrogens is 252 g/mol. The molecule has 0 fully saturated rings. The molecule has 0 spiro atoms. The van der Waals surface area contributed by atoms with E-state index in [2.05, 4.69) is 32.9 Å². The lowest BCUT2D eigenvalue weighted by atomic mass is 9.82. The summed E-state index contributed by atoms with van der Waals surface area (Å²) in [6.45, 7) is 9.23. The predicted octanol–water partition coefficient (Wildman–Crippen LogP) is 4.10. The number of esters is 1.